The number of thiophene rings is 1. The maximum absolute atomic E-state index is 12.8. The van der Waals surface area contributed by atoms with Gasteiger partial charge in [-0.1, -0.05) is 6.42 Å². The lowest BCUT2D eigenvalue weighted by Crippen LogP contribution is -2.10. The topological polar surface area (TPSA) is 118 Å². The van der Waals surface area contributed by atoms with Gasteiger partial charge >= 0.3 is 5.69 Å². The van der Waals surface area contributed by atoms with Crippen molar-refractivity contribution in [3.05, 3.63) is 43.0 Å². The minimum absolute atomic E-state index is 0.0519. The average Bonchev–Trinajstić information content (AvgIpc) is 2.83. The number of aromatic hydroxyl groups is 1. The Morgan fingerprint density at radius 3 is 2.81 bits per heavy atom. The molecule has 0 saturated heterocycles. The van der Waals surface area contributed by atoms with Crippen LogP contribution in [-0.2, 0) is 12.8 Å². The van der Waals surface area contributed by atoms with Gasteiger partial charge in [-0.05, 0) is 37.3 Å². The van der Waals surface area contributed by atoms with Crippen LogP contribution in [0.3, 0.4) is 0 Å². The first-order valence-corrected chi connectivity index (χ1v) is 9.41. The van der Waals surface area contributed by atoms with Crippen LogP contribution in [0.15, 0.2) is 16.9 Å². The van der Waals surface area contributed by atoms with E-state index in [9.17, 15) is 20.0 Å². The summed E-state index contributed by atoms with van der Waals surface area (Å²) in [5.41, 5.74) is 0.638. The second-order valence-electron chi connectivity index (χ2n) is 6.46. The Labute approximate surface area is 157 Å². The highest BCUT2D eigenvalue weighted by molar-refractivity contribution is 7.18. The van der Waals surface area contributed by atoms with Gasteiger partial charge in [0.15, 0.2) is 5.75 Å². The largest absolute Gasteiger partial charge is 0.500 e. The first-order chi connectivity index (χ1) is 13.0. The van der Waals surface area contributed by atoms with Crippen LogP contribution in [0.4, 0.5) is 5.69 Å². The molecule has 2 N–H and O–H groups in total. The second-order valence-corrected chi connectivity index (χ2v) is 7.55. The van der Waals surface area contributed by atoms with Crippen LogP contribution >= 0.6 is 11.3 Å². The van der Waals surface area contributed by atoms with Crippen LogP contribution in [0.5, 0.6) is 11.5 Å². The van der Waals surface area contributed by atoms with E-state index in [1.54, 1.807) is 0 Å². The van der Waals surface area contributed by atoms with Crippen molar-refractivity contribution < 1.29 is 14.8 Å². The predicted octanol–water partition coefficient (Wildman–Crippen LogP) is 3.54. The predicted molar refractivity (Wildman–Crippen MR) is 102 cm³/mol. The van der Waals surface area contributed by atoms with Crippen molar-refractivity contribution >= 4 is 27.2 Å². The van der Waals surface area contributed by atoms with E-state index in [0.717, 1.165) is 37.7 Å². The monoisotopic (exact) mass is 387 g/mol. The fourth-order valence-electron chi connectivity index (χ4n) is 3.50. The summed E-state index contributed by atoms with van der Waals surface area (Å²) in [4.78, 5) is 32.4. The molecule has 0 radical (unpaired) electrons. The summed E-state index contributed by atoms with van der Waals surface area (Å²) in [5, 5.41) is 21.8. The Kier molecular flexibility index (Phi) is 4.31. The number of phenolic OH excluding ortho intramolecular Hbond substituents is 1. The molecule has 0 spiro atoms. The molecule has 9 heteroatoms. The standard InChI is InChI=1S/C18H17N3O5S/c1-26-12-8-9(7-11(15(12)22)21(24)25)16-19-17(23)14-10-5-3-2-4-6-13(10)27-18(14)20-16/h7-8,22H,2-6H2,1H3,(H,19,20,23). The van der Waals surface area contributed by atoms with E-state index in [4.69, 9.17) is 4.74 Å². The number of benzene rings is 1. The highest BCUT2D eigenvalue weighted by Crippen LogP contribution is 2.40. The summed E-state index contributed by atoms with van der Waals surface area (Å²) < 4.78 is 5.02. The molecule has 0 unspecified atom stereocenters. The molecule has 3 aromatic rings. The molecule has 4 rings (SSSR count). The normalized spacial score (nSPS) is 14.0. The first-order valence-electron chi connectivity index (χ1n) is 8.60. The molecule has 0 saturated carbocycles. The fraction of sp³-hybridized carbons (Fsp3) is 0.333. The minimum Gasteiger partial charge on any atom is -0.500 e. The van der Waals surface area contributed by atoms with Crippen molar-refractivity contribution in [3.8, 4) is 22.9 Å². The molecule has 0 fully saturated rings. The summed E-state index contributed by atoms with van der Waals surface area (Å²) >= 11 is 1.51. The van der Waals surface area contributed by atoms with Gasteiger partial charge in [-0.3, -0.25) is 14.9 Å². The van der Waals surface area contributed by atoms with Gasteiger partial charge in [-0.15, -0.1) is 11.3 Å². The van der Waals surface area contributed by atoms with Gasteiger partial charge in [0, 0.05) is 16.5 Å². The number of rotatable bonds is 3. The zero-order valence-corrected chi connectivity index (χ0v) is 15.4. The molecule has 0 aliphatic heterocycles. The molecule has 1 aliphatic rings. The number of H-pyrrole nitrogens is 1. The number of hydrogen-bond donors (Lipinski definition) is 2. The highest BCUT2D eigenvalue weighted by atomic mass is 32.1. The number of ether oxygens (including phenoxy) is 1. The maximum Gasteiger partial charge on any atom is 0.315 e. The summed E-state index contributed by atoms with van der Waals surface area (Å²) in [6.45, 7) is 0. The van der Waals surface area contributed by atoms with Gasteiger partial charge in [0.2, 0.25) is 5.75 Å². The molecule has 2 heterocycles. The number of fused-ring (bicyclic) bond motifs is 3. The van der Waals surface area contributed by atoms with Gasteiger partial charge in [-0.2, -0.15) is 0 Å². The molecule has 0 atom stereocenters. The number of aromatic amines is 1. The lowest BCUT2D eigenvalue weighted by atomic mass is 10.1. The van der Waals surface area contributed by atoms with E-state index < -0.39 is 16.4 Å². The maximum atomic E-state index is 12.8. The number of aryl methyl sites for hydroxylation is 2. The number of nitrogens with zero attached hydrogens (tertiary/aromatic N) is 2. The summed E-state index contributed by atoms with van der Waals surface area (Å²) in [5.74, 6) is -0.397. The van der Waals surface area contributed by atoms with E-state index in [0.29, 0.717) is 15.8 Å². The molecule has 1 aliphatic carbocycles. The van der Waals surface area contributed by atoms with Crippen LogP contribution in [0.1, 0.15) is 29.7 Å². The first kappa shape index (κ1) is 17.5. The Hall–Kier alpha value is -2.94. The van der Waals surface area contributed by atoms with Crippen LogP contribution in [0, 0.1) is 10.1 Å². The lowest BCUT2D eigenvalue weighted by Gasteiger charge is -2.07. The quantitative estimate of drug-likeness (QED) is 0.403. The van der Waals surface area contributed by atoms with Gasteiger partial charge in [0.05, 0.1) is 17.4 Å². The zero-order chi connectivity index (χ0) is 19.1. The van der Waals surface area contributed by atoms with Gasteiger partial charge in [0.1, 0.15) is 10.7 Å². The lowest BCUT2D eigenvalue weighted by molar-refractivity contribution is -0.385. The van der Waals surface area contributed by atoms with Crippen molar-refractivity contribution in [2.75, 3.05) is 7.11 Å². The summed E-state index contributed by atoms with van der Waals surface area (Å²) in [6.07, 6.45) is 5.14. The van der Waals surface area contributed by atoms with Crippen molar-refractivity contribution in [1.29, 1.82) is 0 Å². The van der Waals surface area contributed by atoms with Crippen molar-refractivity contribution in [3.63, 3.8) is 0 Å². The van der Waals surface area contributed by atoms with Gasteiger partial charge < -0.3 is 14.8 Å². The summed E-state index contributed by atoms with van der Waals surface area (Å²) in [7, 11) is 1.30. The third-order valence-electron chi connectivity index (χ3n) is 4.82. The number of nitro groups is 1. The van der Waals surface area contributed by atoms with E-state index in [-0.39, 0.29) is 17.1 Å². The Bertz CT molecular complexity index is 1120. The number of nitro benzene ring substituents is 1. The third kappa shape index (κ3) is 2.93. The van der Waals surface area contributed by atoms with E-state index in [1.807, 2.05) is 0 Å². The van der Waals surface area contributed by atoms with E-state index >= 15 is 0 Å². The average molecular weight is 387 g/mol. The zero-order valence-electron chi connectivity index (χ0n) is 14.6. The number of aromatic nitrogens is 2. The molecule has 8 nitrogen and oxygen atoms in total. The smallest absolute Gasteiger partial charge is 0.315 e. The van der Waals surface area contributed by atoms with Gasteiger partial charge in [0.25, 0.3) is 5.56 Å². The SMILES string of the molecule is COc1cc(-c2nc3sc4c(c3c(=O)[nH]2)CCCCC4)cc([N+](=O)[O-])c1O. The number of methoxy groups -OCH3 is 1. The Balaban J connectivity index is 1.92. The van der Waals surface area contributed by atoms with Crippen molar-refractivity contribution in [1.82, 2.24) is 9.97 Å². The third-order valence-corrected chi connectivity index (χ3v) is 6.01. The Morgan fingerprint density at radius 1 is 1.30 bits per heavy atom. The Morgan fingerprint density at radius 2 is 2.07 bits per heavy atom. The second kappa shape index (κ2) is 6.66. The van der Waals surface area contributed by atoms with Crippen molar-refractivity contribution in [2.24, 2.45) is 0 Å². The van der Waals surface area contributed by atoms with Crippen LogP contribution in [0.2, 0.25) is 0 Å². The summed E-state index contributed by atoms with van der Waals surface area (Å²) in [6, 6.07) is 2.60. The van der Waals surface area contributed by atoms with Crippen LogP contribution in [0.25, 0.3) is 21.6 Å². The molecule has 27 heavy (non-hydrogen) atoms. The van der Waals surface area contributed by atoms with Crippen LogP contribution < -0.4 is 10.3 Å². The fourth-order valence-corrected chi connectivity index (χ4v) is 4.76. The molecule has 140 valence electrons. The molecule has 2 aromatic heterocycles. The van der Waals surface area contributed by atoms with Gasteiger partial charge in [-0.25, -0.2) is 4.98 Å². The molecular formula is C18H17N3O5S. The molecular weight excluding hydrogens is 370 g/mol. The molecule has 0 amide bonds. The molecule has 1 aromatic carbocycles. The molecule has 0 bridgehead atoms. The van der Waals surface area contributed by atoms with Crippen LogP contribution in [-0.4, -0.2) is 27.1 Å². The van der Waals surface area contributed by atoms with E-state index in [1.165, 1.54) is 35.5 Å². The number of phenols is 1. The highest BCUT2D eigenvalue weighted by Gasteiger charge is 2.23. The number of nitrogens with one attached hydrogen (secondary N) is 1. The number of hydrogen-bond acceptors (Lipinski definition) is 7. The van der Waals surface area contributed by atoms with Crippen molar-refractivity contribution in [2.45, 2.75) is 32.1 Å². The minimum atomic E-state index is -0.703. The van der Waals surface area contributed by atoms with E-state index in [2.05, 4.69) is 9.97 Å².